The summed E-state index contributed by atoms with van der Waals surface area (Å²) in [6.07, 6.45) is 10.1. The molecule has 0 bridgehead atoms. The first-order valence-corrected chi connectivity index (χ1v) is 18.0. The number of allylic oxidation sites excluding steroid dienone is 1. The van der Waals surface area contributed by atoms with Gasteiger partial charge in [-0.15, -0.1) is 0 Å². The molecule has 0 fully saturated rings. The lowest BCUT2D eigenvalue weighted by molar-refractivity contribution is -0.709. The number of aromatic nitrogens is 4. The molecule has 5 aromatic heterocycles. The molecule has 4 nitrogen and oxygen atoms in total. The van der Waals surface area contributed by atoms with E-state index in [9.17, 15) is 0 Å². The molecule has 2 atom stereocenters. The lowest BCUT2D eigenvalue weighted by Gasteiger charge is -2.30. The molecule has 0 saturated carbocycles. The highest BCUT2D eigenvalue weighted by Crippen LogP contribution is 2.48. The Kier molecular flexibility index (Phi) is 5.97. The number of pyridine rings is 3. The van der Waals surface area contributed by atoms with E-state index in [1.54, 1.807) is 0 Å². The SMILES string of the molecule is CC(C)(C)c1cc[n+]2c(c1)-c1cc3c4cc(C(C)(C)C)cc5c6ccccc6n(c3nc1C1C(C/C=C/2)c2ccccc2-c2cccc[n+]21)c54. The maximum Gasteiger partial charge on any atom is 0.220 e. The molecule has 2 unspecified atom stereocenters. The van der Waals surface area contributed by atoms with Gasteiger partial charge in [0.05, 0.1) is 22.5 Å². The van der Waals surface area contributed by atoms with E-state index in [0.717, 1.165) is 17.8 Å². The topological polar surface area (TPSA) is 25.1 Å². The Balaban J connectivity index is 1.40. The van der Waals surface area contributed by atoms with E-state index < -0.39 is 0 Å². The van der Waals surface area contributed by atoms with Crippen molar-refractivity contribution in [3.8, 4) is 22.5 Å². The second-order valence-corrected chi connectivity index (χ2v) is 16.5. The predicted octanol–water partition coefficient (Wildman–Crippen LogP) is 10.3. The first kappa shape index (κ1) is 29.6. The van der Waals surface area contributed by atoms with Crippen LogP contribution in [-0.4, -0.2) is 9.38 Å². The standard InChI is InChI=1S/C46H42N4/c1-45(2,3)28-20-23-48-21-13-17-33-30-14-7-8-15-31(30)38-18-11-12-22-49(38)43(33)41-37(40(48)26-28)27-36-35-25-29(46(4,5)6)24-34-32-16-9-10-19-39(32)50(42(34)35)44(36)47-41/h7-16,18-27,33,43H,17H2,1-6H3/q+2/b21-13+. The van der Waals surface area contributed by atoms with Gasteiger partial charge >= 0.3 is 0 Å². The number of nitrogens with zero attached hydrogens (tertiary/aromatic N) is 4. The minimum absolute atomic E-state index is 0.000171. The summed E-state index contributed by atoms with van der Waals surface area (Å²) >= 11 is 0. The lowest BCUT2D eigenvalue weighted by Crippen LogP contribution is -2.48. The molecule has 8 aromatic rings. The van der Waals surface area contributed by atoms with Crippen LogP contribution in [0.4, 0.5) is 0 Å². The largest absolute Gasteiger partial charge is 0.293 e. The van der Waals surface area contributed by atoms with Crippen molar-refractivity contribution in [2.24, 2.45) is 0 Å². The molecule has 2 aliphatic heterocycles. The smallest absolute Gasteiger partial charge is 0.220 e. The molecule has 244 valence electrons. The fourth-order valence-corrected chi connectivity index (χ4v) is 8.84. The molecule has 2 aliphatic rings. The van der Waals surface area contributed by atoms with Crippen LogP contribution in [0, 0.1) is 0 Å². The normalized spacial score (nSPS) is 17.9. The Hall–Kier alpha value is -5.35. The minimum Gasteiger partial charge on any atom is -0.293 e. The molecule has 10 rings (SSSR count). The van der Waals surface area contributed by atoms with Crippen molar-refractivity contribution < 1.29 is 9.13 Å². The summed E-state index contributed by atoms with van der Waals surface area (Å²) in [6, 6.07) is 36.6. The maximum atomic E-state index is 5.94. The summed E-state index contributed by atoms with van der Waals surface area (Å²) in [6.45, 7) is 13.9. The summed E-state index contributed by atoms with van der Waals surface area (Å²) in [4.78, 5) is 5.94. The third-order valence-electron chi connectivity index (χ3n) is 11.4. The Labute approximate surface area is 293 Å². The molecule has 0 N–H and O–H groups in total. The Morgan fingerprint density at radius 1 is 0.660 bits per heavy atom. The predicted molar refractivity (Wildman–Crippen MR) is 205 cm³/mol. The molecular weight excluding hydrogens is 609 g/mol. The van der Waals surface area contributed by atoms with Gasteiger partial charge in [-0.25, -0.2) is 4.98 Å². The van der Waals surface area contributed by atoms with Crippen LogP contribution in [-0.2, 0) is 10.8 Å². The Morgan fingerprint density at radius 2 is 1.40 bits per heavy atom. The number of hydrogen-bond donors (Lipinski definition) is 0. The molecule has 0 radical (unpaired) electrons. The van der Waals surface area contributed by atoms with Gasteiger partial charge in [0.2, 0.25) is 17.4 Å². The molecule has 4 heteroatoms. The summed E-state index contributed by atoms with van der Waals surface area (Å²) in [5, 5.41) is 5.08. The molecular formula is C46H42N4+2. The van der Waals surface area contributed by atoms with Crippen molar-refractivity contribution in [1.82, 2.24) is 9.38 Å². The van der Waals surface area contributed by atoms with Crippen molar-refractivity contribution in [2.75, 3.05) is 0 Å². The monoisotopic (exact) mass is 650 g/mol. The second-order valence-electron chi connectivity index (χ2n) is 16.5. The van der Waals surface area contributed by atoms with Crippen LogP contribution in [0.5, 0.6) is 0 Å². The highest BCUT2D eigenvalue weighted by Gasteiger charge is 2.44. The lowest BCUT2D eigenvalue weighted by atomic mass is 9.78. The average molecular weight is 651 g/mol. The van der Waals surface area contributed by atoms with Crippen molar-refractivity contribution in [1.29, 1.82) is 0 Å². The van der Waals surface area contributed by atoms with Crippen LogP contribution in [0.3, 0.4) is 0 Å². The molecule has 0 amide bonds. The quantitative estimate of drug-likeness (QED) is 0.150. The second kappa shape index (κ2) is 10.1. The number of para-hydroxylation sites is 1. The van der Waals surface area contributed by atoms with Gasteiger partial charge in [0.25, 0.3) is 0 Å². The Morgan fingerprint density at radius 3 is 2.22 bits per heavy atom. The highest BCUT2D eigenvalue weighted by atomic mass is 15.1. The van der Waals surface area contributed by atoms with E-state index in [-0.39, 0.29) is 22.8 Å². The van der Waals surface area contributed by atoms with Crippen LogP contribution in [0.25, 0.3) is 66.9 Å². The van der Waals surface area contributed by atoms with E-state index in [0.29, 0.717) is 0 Å². The maximum absolute atomic E-state index is 5.94. The van der Waals surface area contributed by atoms with Crippen LogP contribution >= 0.6 is 0 Å². The van der Waals surface area contributed by atoms with Crippen molar-refractivity contribution in [2.45, 2.75) is 70.8 Å². The van der Waals surface area contributed by atoms with E-state index in [2.05, 4.69) is 177 Å². The van der Waals surface area contributed by atoms with Gasteiger partial charge in [-0.2, -0.15) is 9.13 Å². The highest BCUT2D eigenvalue weighted by molar-refractivity contribution is 6.23. The first-order valence-electron chi connectivity index (χ1n) is 18.0. The molecule has 3 aromatic carbocycles. The van der Waals surface area contributed by atoms with Crippen LogP contribution in [0.1, 0.15) is 82.3 Å². The van der Waals surface area contributed by atoms with Gasteiger partial charge in [-0.3, -0.25) is 4.40 Å². The molecule has 0 aliphatic carbocycles. The zero-order valence-corrected chi connectivity index (χ0v) is 29.7. The van der Waals surface area contributed by atoms with E-state index in [1.165, 1.54) is 71.8 Å². The van der Waals surface area contributed by atoms with Gasteiger partial charge in [0, 0.05) is 51.4 Å². The van der Waals surface area contributed by atoms with E-state index in [4.69, 9.17) is 4.98 Å². The van der Waals surface area contributed by atoms with Gasteiger partial charge in [0.1, 0.15) is 11.3 Å². The van der Waals surface area contributed by atoms with Gasteiger partial charge < -0.3 is 0 Å². The van der Waals surface area contributed by atoms with Crippen LogP contribution < -0.4 is 9.13 Å². The van der Waals surface area contributed by atoms with Gasteiger partial charge in [-0.05, 0) is 76.4 Å². The molecule has 0 spiro atoms. The van der Waals surface area contributed by atoms with Crippen LogP contribution in [0.2, 0.25) is 0 Å². The minimum atomic E-state index is 0.000171. The van der Waals surface area contributed by atoms with Crippen molar-refractivity contribution in [3.63, 3.8) is 0 Å². The number of benzene rings is 3. The van der Waals surface area contributed by atoms with Crippen molar-refractivity contribution >= 4 is 44.4 Å². The van der Waals surface area contributed by atoms with E-state index >= 15 is 0 Å². The third kappa shape index (κ3) is 4.08. The fraction of sp³-hybridized carbons (Fsp3) is 0.239. The van der Waals surface area contributed by atoms with Crippen LogP contribution in [0.15, 0.2) is 116 Å². The summed E-state index contributed by atoms with van der Waals surface area (Å²) in [5.41, 5.74) is 13.6. The zero-order chi connectivity index (χ0) is 34.1. The van der Waals surface area contributed by atoms with E-state index in [1.807, 2.05) is 0 Å². The summed E-state index contributed by atoms with van der Waals surface area (Å²) < 4.78 is 7.29. The summed E-state index contributed by atoms with van der Waals surface area (Å²) in [7, 11) is 0. The number of hydrogen-bond acceptors (Lipinski definition) is 1. The molecule has 7 heterocycles. The third-order valence-corrected chi connectivity index (χ3v) is 11.4. The summed E-state index contributed by atoms with van der Waals surface area (Å²) in [5.74, 6) is 0.210. The molecule has 50 heavy (non-hydrogen) atoms. The fourth-order valence-electron chi connectivity index (χ4n) is 8.84. The van der Waals surface area contributed by atoms with Gasteiger partial charge in [-0.1, -0.05) is 77.9 Å². The number of fused-ring (bicyclic) bond motifs is 16. The average Bonchev–Trinajstić information content (AvgIpc) is 3.63. The zero-order valence-electron chi connectivity index (χ0n) is 29.7. The number of rotatable bonds is 0. The first-order chi connectivity index (χ1) is 24.1. The van der Waals surface area contributed by atoms with Crippen molar-refractivity contribution in [3.05, 3.63) is 138 Å². The molecule has 0 saturated heterocycles. The Bertz CT molecular complexity index is 2710. The van der Waals surface area contributed by atoms with Gasteiger partial charge in [0.15, 0.2) is 18.6 Å².